The van der Waals surface area contributed by atoms with Crippen molar-refractivity contribution < 1.29 is 23.4 Å². The van der Waals surface area contributed by atoms with Crippen molar-refractivity contribution in [1.82, 2.24) is 5.01 Å². The van der Waals surface area contributed by atoms with Gasteiger partial charge in [-0.05, 0) is 66.2 Å². The lowest BCUT2D eigenvalue weighted by atomic mass is 10.0. The first-order chi connectivity index (χ1) is 14.7. The maximum absolute atomic E-state index is 12.9. The zero-order valence-electron chi connectivity index (χ0n) is 16.8. The summed E-state index contributed by atoms with van der Waals surface area (Å²) in [5.74, 6) is 2.49. The summed E-state index contributed by atoms with van der Waals surface area (Å²) in [6.07, 6.45) is 2.14. The molecule has 1 aromatic heterocycles. The second-order valence-electron chi connectivity index (χ2n) is 6.71. The zero-order chi connectivity index (χ0) is 20.9. The third-order valence-electron chi connectivity index (χ3n) is 4.88. The third kappa shape index (κ3) is 4.15. The molecule has 0 aliphatic carbocycles. The summed E-state index contributed by atoms with van der Waals surface area (Å²) in [7, 11) is 3.22. The van der Waals surface area contributed by atoms with Gasteiger partial charge in [0.05, 0.1) is 26.2 Å². The highest BCUT2D eigenvalue weighted by atomic mass is 16.5. The molecule has 0 spiro atoms. The van der Waals surface area contributed by atoms with E-state index in [1.807, 2.05) is 30.3 Å². The van der Waals surface area contributed by atoms with E-state index in [0.29, 0.717) is 17.9 Å². The van der Waals surface area contributed by atoms with E-state index in [1.165, 1.54) is 5.01 Å². The van der Waals surface area contributed by atoms with Crippen LogP contribution in [0.4, 0.5) is 0 Å². The largest absolute Gasteiger partial charge is 0.497 e. The Balaban J connectivity index is 1.51. The van der Waals surface area contributed by atoms with Gasteiger partial charge < -0.3 is 18.6 Å². The van der Waals surface area contributed by atoms with Crippen LogP contribution in [0.15, 0.2) is 76.4 Å². The molecule has 2 aromatic carbocycles. The highest BCUT2D eigenvalue weighted by Gasteiger charge is 2.35. The minimum atomic E-state index is -0.316. The number of methoxy groups -OCH3 is 2. The first-order valence-electron chi connectivity index (χ1n) is 9.52. The topological polar surface area (TPSA) is 73.5 Å². The Bertz CT molecular complexity index is 1010. The van der Waals surface area contributed by atoms with Gasteiger partial charge in [-0.1, -0.05) is 0 Å². The van der Waals surface area contributed by atoms with Gasteiger partial charge in [0.15, 0.2) is 6.61 Å². The number of amides is 1. The molecule has 0 bridgehead atoms. The highest BCUT2D eigenvalue weighted by Crippen LogP contribution is 2.33. The molecule has 0 saturated carbocycles. The molecule has 0 saturated heterocycles. The van der Waals surface area contributed by atoms with E-state index in [4.69, 9.17) is 18.6 Å². The standard InChI is InChI=1S/C23H22N2O5/c1-27-17-7-5-16(6-8-17)20-14-21(22-4-3-13-29-22)25(24-20)23(26)15-30-19-11-9-18(28-2)10-12-19/h3-13,21H,14-15H2,1-2H3/t21-/m0/s1. The average molecular weight is 406 g/mol. The van der Waals surface area contributed by atoms with Crippen LogP contribution in [0, 0.1) is 0 Å². The summed E-state index contributed by atoms with van der Waals surface area (Å²) in [5.41, 5.74) is 1.73. The van der Waals surface area contributed by atoms with Crippen LogP contribution in [-0.2, 0) is 4.79 Å². The van der Waals surface area contributed by atoms with E-state index in [-0.39, 0.29) is 18.6 Å². The lowest BCUT2D eigenvalue weighted by Crippen LogP contribution is -2.31. The summed E-state index contributed by atoms with van der Waals surface area (Å²) < 4.78 is 21.6. The molecule has 0 N–H and O–H groups in total. The van der Waals surface area contributed by atoms with Crippen molar-refractivity contribution >= 4 is 11.6 Å². The Hall–Kier alpha value is -3.74. The Morgan fingerprint density at radius 2 is 1.63 bits per heavy atom. The number of hydrogen-bond acceptors (Lipinski definition) is 6. The number of ether oxygens (including phenoxy) is 3. The fraction of sp³-hybridized carbons (Fsp3) is 0.217. The van der Waals surface area contributed by atoms with Crippen LogP contribution in [0.3, 0.4) is 0 Å². The predicted molar refractivity (Wildman–Crippen MR) is 111 cm³/mol. The van der Waals surface area contributed by atoms with Crippen LogP contribution in [0.25, 0.3) is 0 Å². The number of benzene rings is 2. The minimum absolute atomic E-state index is 0.136. The van der Waals surface area contributed by atoms with Crippen LogP contribution in [0.5, 0.6) is 17.2 Å². The molecule has 1 aliphatic rings. The van der Waals surface area contributed by atoms with E-state index in [1.54, 1.807) is 50.8 Å². The Morgan fingerprint density at radius 3 is 2.23 bits per heavy atom. The van der Waals surface area contributed by atoms with Crippen molar-refractivity contribution in [2.45, 2.75) is 12.5 Å². The lowest BCUT2D eigenvalue weighted by molar-refractivity contribution is -0.135. The van der Waals surface area contributed by atoms with Crippen molar-refractivity contribution in [3.8, 4) is 17.2 Å². The van der Waals surface area contributed by atoms with Gasteiger partial charge in [0, 0.05) is 6.42 Å². The number of carbonyl (C=O) groups excluding carboxylic acids is 1. The van der Waals surface area contributed by atoms with Crippen LogP contribution in [-0.4, -0.2) is 37.5 Å². The molecule has 2 heterocycles. The van der Waals surface area contributed by atoms with Gasteiger partial charge in [-0.3, -0.25) is 4.79 Å². The van der Waals surface area contributed by atoms with Gasteiger partial charge in [0.1, 0.15) is 29.1 Å². The molecule has 154 valence electrons. The van der Waals surface area contributed by atoms with Crippen LogP contribution < -0.4 is 14.2 Å². The predicted octanol–water partition coefficient (Wildman–Crippen LogP) is 4.05. The van der Waals surface area contributed by atoms with Gasteiger partial charge >= 0.3 is 0 Å². The Kier molecular flexibility index (Phi) is 5.70. The van der Waals surface area contributed by atoms with Crippen molar-refractivity contribution in [3.63, 3.8) is 0 Å². The smallest absolute Gasteiger partial charge is 0.281 e. The fourth-order valence-electron chi connectivity index (χ4n) is 3.28. The molecular formula is C23H22N2O5. The number of furan rings is 1. The maximum atomic E-state index is 12.9. The highest BCUT2D eigenvalue weighted by molar-refractivity contribution is 6.03. The molecular weight excluding hydrogens is 384 g/mol. The molecule has 0 unspecified atom stereocenters. The lowest BCUT2D eigenvalue weighted by Gasteiger charge is -2.20. The minimum Gasteiger partial charge on any atom is -0.497 e. The first-order valence-corrected chi connectivity index (χ1v) is 9.52. The van der Waals surface area contributed by atoms with Gasteiger partial charge in [-0.25, -0.2) is 5.01 Å². The molecule has 0 radical (unpaired) electrons. The summed E-state index contributed by atoms with van der Waals surface area (Å²) in [6, 6.07) is 18.0. The van der Waals surface area contributed by atoms with E-state index >= 15 is 0 Å². The van der Waals surface area contributed by atoms with Gasteiger partial charge in [-0.15, -0.1) is 0 Å². The average Bonchev–Trinajstić information content (AvgIpc) is 3.48. The number of hydrogen-bond donors (Lipinski definition) is 0. The number of nitrogens with zero attached hydrogens (tertiary/aromatic N) is 2. The molecule has 7 heteroatoms. The van der Waals surface area contributed by atoms with E-state index in [2.05, 4.69) is 5.10 Å². The second-order valence-corrected chi connectivity index (χ2v) is 6.71. The molecule has 7 nitrogen and oxygen atoms in total. The second kappa shape index (κ2) is 8.73. The summed E-state index contributed by atoms with van der Waals surface area (Å²) in [6.45, 7) is -0.136. The van der Waals surface area contributed by atoms with E-state index in [9.17, 15) is 4.79 Å². The summed E-state index contributed by atoms with van der Waals surface area (Å²) >= 11 is 0. The zero-order valence-corrected chi connectivity index (χ0v) is 16.8. The molecule has 1 atom stereocenters. The molecule has 3 aromatic rings. The van der Waals surface area contributed by atoms with Crippen molar-refractivity contribution in [3.05, 3.63) is 78.3 Å². The van der Waals surface area contributed by atoms with Gasteiger partial charge in [0.25, 0.3) is 5.91 Å². The van der Waals surface area contributed by atoms with Crippen molar-refractivity contribution in [1.29, 1.82) is 0 Å². The summed E-state index contributed by atoms with van der Waals surface area (Å²) in [4.78, 5) is 12.9. The van der Waals surface area contributed by atoms with Crippen LogP contribution in [0.1, 0.15) is 23.8 Å². The normalized spacial score (nSPS) is 15.6. The van der Waals surface area contributed by atoms with Crippen molar-refractivity contribution in [2.24, 2.45) is 5.10 Å². The van der Waals surface area contributed by atoms with E-state index in [0.717, 1.165) is 22.8 Å². The van der Waals surface area contributed by atoms with E-state index < -0.39 is 0 Å². The van der Waals surface area contributed by atoms with Crippen LogP contribution >= 0.6 is 0 Å². The summed E-state index contributed by atoms with van der Waals surface area (Å²) in [5, 5.41) is 6.04. The maximum Gasteiger partial charge on any atom is 0.281 e. The number of hydrazone groups is 1. The third-order valence-corrected chi connectivity index (χ3v) is 4.88. The Morgan fingerprint density at radius 1 is 1.00 bits per heavy atom. The van der Waals surface area contributed by atoms with Gasteiger partial charge in [-0.2, -0.15) is 5.10 Å². The molecule has 1 amide bonds. The fourth-order valence-corrected chi connectivity index (χ4v) is 3.28. The van der Waals surface area contributed by atoms with Crippen LogP contribution in [0.2, 0.25) is 0 Å². The first kappa shape index (κ1) is 19.6. The molecule has 1 aliphatic heterocycles. The Labute approximate surface area is 174 Å². The SMILES string of the molecule is COc1ccc(OCC(=O)N2N=C(c3ccc(OC)cc3)C[C@H]2c2ccco2)cc1. The number of carbonyl (C=O) groups is 1. The molecule has 30 heavy (non-hydrogen) atoms. The molecule has 4 rings (SSSR count). The number of rotatable bonds is 7. The van der Waals surface area contributed by atoms with Crippen molar-refractivity contribution in [2.75, 3.05) is 20.8 Å². The van der Waals surface area contributed by atoms with Gasteiger partial charge in [0.2, 0.25) is 0 Å². The monoisotopic (exact) mass is 406 g/mol. The quantitative estimate of drug-likeness (QED) is 0.592. The molecule has 0 fully saturated rings.